The van der Waals surface area contributed by atoms with Gasteiger partial charge in [0.25, 0.3) is 0 Å². The first-order valence-corrected chi connectivity index (χ1v) is 22.9. The molecule has 6 heteroatoms. The summed E-state index contributed by atoms with van der Waals surface area (Å²) in [5.74, 6) is 1.30. The first kappa shape index (κ1) is 43.6. The fourth-order valence-corrected chi connectivity index (χ4v) is 6.58. The number of carbonyl (C=O) groups excluding carboxylic acids is 1. The van der Waals surface area contributed by atoms with Crippen molar-refractivity contribution in [1.29, 1.82) is 0 Å². The van der Waals surface area contributed by atoms with Crippen molar-refractivity contribution in [3.05, 3.63) is 59.2 Å². The Morgan fingerprint density at radius 2 is 1.18 bits per heavy atom. The quantitative estimate of drug-likeness (QED) is 0.0400. The summed E-state index contributed by atoms with van der Waals surface area (Å²) in [6, 6.07) is 14.0. The van der Waals surface area contributed by atoms with Crippen molar-refractivity contribution in [2.24, 2.45) is 0 Å². The minimum Gasteiger partial charge on any atom is -0.490 e. The Morgan fingerprint density at radius 3 is 1.72 bits per heavy atom. The molecule has 0 amide bonds. The van der Waals surface area contributed by atoms with Gasteiger partial charge in [0.15, 0.2) is 19.8 Å². The first-order valence-electron chi connectivity index (χ1n) is 20.0. The van der Waals surface area contributed by atoms with Gasteiger partial charge >= 0.3 is 5.97 Å². The lowest BCUT2D eigenvalue weighted by molar-refractivity contribution is 0.0526. The van der Waals surface area contributed by atoms with E-state index in [9.17, 15) is 4.79 Å². The molecule has 0 atom stereocenters. The third kappa shape index (κ3) is 17.1. The second-order valence-electron chi connectivity index (χ2n) is 15.4. The molecule has 0 spiro atoms. The van der Waals surface area contributed by atoms with Crippen LogP contribution >= 0.6 is 0 Å². The Balaban J connectivity index is 2.27. The summed E-state index contributed by atoms with van der Waals surface area (Å²) in [7, 11) is -2.04. The van der Waals surface area contributed by atoms with Gasteiger partial charge in [0.1, 0.15) is 0 Å². The molecule has 0 saturated heterocycles. The number of ether oxygens (including phenoxy) is 3. The minimum atomic E-state index is -2.04. The van der Waals surface area contributed by atoms with Crippen LogP contribution in [0.25, 0.3) is 11.6 Å². The largest absolute Gasteiger partial charge is 0.490 e. The highest BCUT2D eigenvalue weighted by molar-refractivity contribution is 6.74. The van der Waals surface area contributed by atoms with E-state index in [2.05, 4.69) is 72.0 Å². The van der Waals surface area contributed by atoms with Gasteiger partial charge in [-0.2, -0.15) is 0 Å². The Hall–Kier alpha value is -2.57. The number of hydrogen-bond acceptors (Lipinski definition) is 5. The van der Waals surface area contributed by atoms with Crippen molar-refractivity contribution in [1.82, 2.24) is 0 Å². The highest BCUT2D eigenvalue weighted by Gasteiger charge is 2.37. The summed E-state index contributed by atoms with van der Waals surface area (Å²) in [6.07, 6.45) is 22.5. The molecule has 0 N–H and O–H groups in total. The molecular formula is C44H72O5Si. The van der Waals surface area contributed by atoms with Crippen LogP contribution in [-0.2, 0) is 9.16 Å². The number of hydrogen-bond donors (Lipinski definition) is 0. The van der Waals surface area contributed by atoms with Gasteiger partial charge in [-0.3, -0.25) is 0 Å². The predicted octanol–water partition coefficient (Wildman–Crippen LogP) is 13.5. The minimum absolute atomic E-state index is 0.0788. The molecule has 0 bridgehead atoms. The van der Waals surface area contributed by atoms with E-state index in [1.165, 1.54) is 89.9 Å². The van der Waals surface area contributed by atoms with Crippen LogP contribution in [0.2, 0.25) is 18.1 Å². The number of benzene rings is 2. The van der Waals surface area contributed by atoms with Crippen molar-refractivity contribution < 1.29 is 23.4 Å². The van der Waals surface area contributed by atoms with Gasteiger partial charge in [0.05, 0.1) is 32.0 Å². The van der Waals surface area contributed by atoms with E-state index in [1.54, 1.807) is 0 Å². The van der Waals surface area contributed by atoms with E-state index in [4.69, 9.17) is 18.6 Å². The van der Waals surface area contributed by atoms with Gasteiger partial charge in [-0.1, -0.05) is 143 Å². The molecule has 0 aromatic heterocycles. The second kappa shape index (κ2) is 24.6. The lowest BCUT2D eigenvalue weighted by Gasteiger charge is -2.36. The summed E-state index contributed by atoms with van der Waals surface area (Å²) in [6.45, 7) is 19.9. The van der Waals surface area contributed by atoms with Crippen molar-refractivity contribution in [2.45, 2.75) is 162 Å². The normalized spacial score (nSPS) is 12.3. The molecule has 5 nitrogen and oxygen atoms in total. The maximum absolute atomic E-state index is 12.6. The average molecular weight is 709 g/mol. The van der Waals surface area contributed by atoms with Gasteiger partial charge in [-0.15, -0.1) is 0 Å². The maximum atomic E-state index is 12.6. The molecule has 0 saturated carbocycles. The molecule has 0 aliphatic rings. The molecule has 0 unspecified atom stereocenters. The van der Waals surface area contributed by atoms with Gasteiger partial charge in [0.2, 0.25) is 0 Å². The number of unbranched alkanes of at least 4 members (excludes halogenated alkanes) is 14. The van der Waals surface area contributed by atoms with Crippen LogP contribution in [0.15, 0.2) is 42.5 Å². The summed E-state index contributed by atoms with van der Waals surface area (Å²) < 4.78 is 24.8. The molecule has 0 aliphatic carbocycles. The maximum Gasteiger partial charge on any atom is 0.338 e. The van der Waals surface area contributed by atoms with Crippen LogP contribution < -0.4 is 9.47 Å². The lowest BCUT2D eigenvalue weighted by Crippen LogP contribution is -2.41. The Morgan fingerprint density at radius 1 is 0.660 bits per heavy atom. The fraction of sp³-hybridized carbons (Fsp3) is 0.659. The van der Waals surface area contributed by atoms with Crippen LogP contribution in [0.4, 0.5) is 0 Å². The standard InChI is InChI=1S/C44H72O5Si/c1-9-12-14-16-18-20-22-24-31-47-41-30-29-37(34-42(41)48-32-25-23-21-19-17-15-13-10-2)33-40(36-49-50(7,8)44(4,5)6)38-27-26-28-39(35-38)43(45)46-11-3/h26-30,33-35H,9-25,31-32,36H2,1-8H3/b40-33+. The van der Waals surface area contributed by atoms with Crippen molar-refractivity contribution >= 4 is 25.9 Å². The third-order valence-electron chi connectivity index (χ3n) is 9.96. The van der Waals surface area contributed by atoms with E-state index < -0.39 is 8.32 Å². The van der Waals surface area contributed by atoms with Crippen molar-refractivity contribution in [3.8, 4) is 11.5 Å². The molecular weight excluding hydrogens is 637 g/mol. The van der Waals surface area contributed by atoms with Crippen LogP contribution in [0.3, 0.4) is 0 Å². The first-order chi connectivity index (χ1) is 24.0. The Labute approximate surface area is 308 Å². The van der Waals surface area contributed by atoms with Crippen LogP contribution in [0.1, 0.15) is 166 Å². The average Bonchev–Trinajstić information content (AvgIpc) is 3.09. The van der Waals surface area contributed by atoms with E-state index in [-0.39, 0.29) is 11.0 Å². The van der Waals surface area contributed by atoms with Crippen molar-refractivity contribution in [2.75, 3.05) is 26.4 Å². The molecule has 0 heterocycles. The Kier molecular flexibility index (Phi) is 21.4. The van der Waals surface area contributed by atoms with E-state index in [1.807, 2.05) is 31.2 Å². The smallest absolute Gasteiger partial charge is 0.338 e. The molecule has 0 fully saturated rings. The SMILES string of the molecule is CCCCCCCCCCOc1ccc(/C=C(\CO[Si](C)(C)C(C)(C)C)c2cccc(C(=O)OCC)c2)cc1OCCCCCCCCCC. The Bertz CT molecular complexity index is 1250. The predicted molar refractivity (Wildman–Crippen MR) is 216 cm³/mol. The van der Waals surface area contributed by atoms with Crippen LogP contribution in [0.5, 0.6) is 11.5 Å². The molecule has 0 aliphatic heterocycles. The summed E-state index contributed by atoms with van der Waals surface area (Å²) in [5.41, 5.74) is 3.53. The molecule has 2 rings (SSSR count). The molecule has 50 heavy (non-hydrogen) atoms. The topological polar surface area (TPSA) is 54.0 Å². The summed E-state index contributed by atoms with van der Waals surface area (Å²) >= 11 is 0. The zero-order valence-electron chi connectivity index (χ0n) is 33.3. The van der Waals surface area contributed by atoms with E-state index in [0.29, 0.717) is 32.0 Å². The highest BCUT2D eigenvalue weighted by Crippen LogP contribution is 2.38. The van der Waals surface area contributed by atoms with Crippen LogP contribution in [0, 0.1) is 0 Å². The highest BCUT2D eigenvalue weighted by atomic mass is 28.4. The van der Waals surface area contributed by atoms with Gasteiger partial charge in [-0.25, -0.2) is 4.79 Å². The van der Waals surface area contributed by atoms with Gasteiger partial charge in [-0.05, 0) is 84.9 Å². The molecule has 2 aromatic carbocycles. The zero-order valence-corrected chi connectivity index (χ0v) is 34.3. The second-order valence-corrected chi connectivity index (χ2v) is 20.2. The summed E-state index contributed by atoms with van der Waals surface area (Å²) in [4.78, 5) is 12.6. The number of rotatable bonds is 27. The molecule has 282 valence electrons. The van der Waals surface area contributed by atoms with E-state index in [0.717, 1.165) is 41.0 Å². The number of esters is 1. The van der Waals surface area contributed by atoms with E-state index >= 15 is 0 Å². The third-order valence-corrected chi connectivity index (χ3v) is 14.4. The van der Waals surface area contributed by atoms with Crippen LogP contribution in [-0.4, -0.2) is 40.7 Å². The monoisotopic (exact) mass is 709 g/mol. The van der Waals surface area contributed by atoms with Crippen molar-refractivity contribution in [3.63, 3.8) is 0 Å². The zero-order chi connectivity index (χ0) is 36.7. The summed E-state index contributed by atoms with van der Waals surface area (Å²) in [5, 5.41) is 0.0788. The number of carbonyl (C=O) groups is 1. The van der Waals surface area contributed by atoms with Gasteiger partial charge < -0.3 is 18.6 Å². The fourth-order valence-electron chi connectivity index (χ4n) is 5.63. The molecule has 2 aromatic rings. The lowest BCUT2D eigenvalue weighted by atomic mass is 10.0. The van der Waals surface area contributed by atoms with Gasteiger partial charge in [0, 0.05) is 0 Å². The molecule has 0 radical (unpaired) electrons.